The Labute approximate surface area is 220 Å². The van der Waals surface area contributed by atoms with E-state index in [1.165, 1.54) is 42.5 Å². The van der Waals surface area contributed by atoms with E-state index in [1.807, 2.05) is 6.07 Å². The second kappa shape index (κ2) is 12.2. The third-order valence-corrected chi connectivity index (χ3v) is 6.51. The number of benzene rings is 1. The molecule has 2 aromatic heterocycles. The third-order valence-electron chi connectivity index (χ3n) is 5.65. The molecule has 2 amide bonds. The van der Waals surface area contributed by atoms with E-state index in [1.54, 1.807) is 22.2 Å². The van der Waals surface area contributed by atoms with Gasteiger partial charge in [-0.25, -0.2) is 0 Å². The Balaban J connectivity index is 1.62. The number of ether oxygens (including phenoxy) is 2. The van der Waals surface area contributed by atoms with Gasteiger partial charge in [0, 0.05) is 50.4 Å². The minimum absolute atomic E-state index is 0.160. The van der Waals surface area contributed by atoms with E-state index in [4.69, 9.17) is 4.74 Å². The van der Waals surface area contributed by atoms with Crippen LogP contribution in [0, 0.1) is 0 Å². The number of morpholine rings is 1. The van der Waals surface area contributed by atoms with Gasteiger partial charge < -0.3 is 24.3 Å². The van der Waals surface area contributed by atoms with Crippen molar-refractivity contribution in [3.8, 4) is 17.0 Å². The molecule has 3 heterocycles. The molecule has 0 unspecified atom stereocenters. The zero-order valence-corrected chi connectivity index (χ0v) is 21.3. The molecule has 3 aromatic rings. The molecular formula is C25H26F3N5O4S. The molecule has 1 aliphatic heterocycles. The summed E-state index contributed by atoms with van der Waals surface area (Å²) in [5.41, 5.74) is 2.34. The van der Waals surface area contributed by atoms with Crippen LogP contribution >= 0.6 is 11.3 Å². The number of nitrogens with one attached hydrogen (secondary N) is 1. The second-order valence-electron chi connectivity index (χ2n) is 8.38. The van der Waals surface area contributed by atoms with E-state index >= 15 is 0 Å². The summed E-state index contributed by atoms with van der Waals surface area (Å²) in [5.74, 6) is -1.01. The molecule has 0 atom stereocenters. The molecule has 9 nitrogen and oxygen atoms in total. The Bertz CT molecular complexity index is 1330. The number of alkyl halides is 3. The first-order chi connectivity index (χ1) is 18.2. The van der Waals surface area contributed by atoms with Crippen molar-refractivity contribution < 1.29 is 32.2 Å². The van der Waals surface area contributed by atoms with Gasteiger partial charge >= 0.3 is 6.36 Å². The molecule has 202 valence electrons. The van der Waals surface area contributed by atoms with Gasteiger partial charge in [-0.1, -0.05) is 0 Å². The van der Waals surface area contributed by atoms with Crippen LogP contribution in [0.15, 0.2) is 53.0 Å². The van der Waals surface area contributed by atoms with Crippen molar-refractivity contribution in [2.45, 2.75) is 26.3 Å². The highest BCUT2D eigenvalue weighted by molar-refractivity contribution is 7.07. The van der Waals surface area contributed by atoms with Crippen LogP contribution in [0.25, 0.3) is 11.3 Å². The molecule has 38 heavy (non-hydrogen) atoms. The lowest BCUT2D eigenvalue weighted by Gasteiger charge is -2.28. The molecule has 1 saturated heterocycles. The fraction of sp³-hybridized carbons (Fsp3) is 0.360. The second-order valence-corrected chi connectivity index (χ2v) is 9.22. The number of nitrogens with zero attached hydrogens (tertiary/aromatic N) is 4. The average molecular weight is 550 g/mol. The molecule has 0 radical (unpaired) electrons. The number of rotatable bonds is 8. The quantitative estimate of drug-likeness (QED) is 0.431. The lowest BCUT2D eigenvalue weighted by atomic mass is 10.1. The van der Waals surface area contributed by atoms with Gasteiger partial charge in [-0.2, -0.15) is 4.99 Å². The van der Waals surface area contributed by atoms with Crippen molar-refractivity contribution in [1.82, 2.24) is 14.9 Å². The van der Waals surface area contributed by atoms with E-state index in [0.29, 0.717) is 61.9 Å². The lowest BCUT2D eigenvalue weighted by molar-refractivity contribution is -0.274. The normalized spacial score (nSPS) is 14.4. The van der Waals surface area contributed by atoms with E-state index < -0.39 is 12.3 Å². The van der Waals surface area contributed by atoms with Gasteiger partial charge in [-0.05, 0) is 48.4 Å². The van der Waals surface area contributed by atoms with Gasteiger partial charge in [0.15, 0.2) is 4.80 Å². The number of carbonyl (C=O) groups excluding carboxylic acids is 2. The SMILES string of the molecule is CC(=O)NCCCn1c(-c2ccc(OC(F)(F)F)cc2)csc1=NC(=O)c1cc(N2CCOCC2)ccn1. The zero-order chi connectivity index (χ0) is 27.1. The molecule has 0 spiro atoms. The van der Waals surface area contributed by atoms with Gasteiger partial charge in [-0.15, -0.1) is 24.5 Å². The number of halogens is 3. The first kappa shape index (κ1) is 27.3. The van der Waals surface area contributed by atoms with Crippen LogP contribution in [0.1, 0.15) is 23.8 Å². The summed E-state index contributed by atoms with van der Waals surface area (Å²) in [5, 5.41) is 4.51. The van der Waals surface area contributed by atoms with Gasteiger partial charge in [0.25, 0.3) is 5.91 Å². The van der Waals surface area contributed by atoms with E-state index in [2.05, 4.69) is 24.9 Å². The molecular weight excluding hydrogens is 523 g/mol. The Morgan fingerprint density at radius 1 is 1.18 bits per heavy atom. The molecule has 0 saturated carbocycles. The molecule has 13 heteroatoms. The first-order valence-electron chi connectivity index (χ1n) is 11.9. The summed E-state index contributed by atoms with van der Waals surface area (Å²) in [7, 11) is 0. The maximum atomic E-state index is 13.1. The highest BCUT2D eigenvalue weighted by Gasteiger charge is 2.31. The Kier molecular flexibility index (Phi) is 8.79. The highest BCUT2D eigenvalue weighted by atomic mass is 32.1. The fourth-order valence-corrected chi connectivity index (χ4v) is 4.83. The summed E-state index contributed by atoms with van der Waals surface area (Å²) >= 11 is 1.23. The van der Waals surface area contributed by atoms with Gasteiger partial charge in [0.1, 0.15) is 11.4 Å². The molecule has 0 bridgehead atoms. The Morgan fingerprint density at radius 2 is 1.92 bits per heavy atom. The molecule has 1 aliphatic rings. The molecule has 0 aliphatic carbocycles. The predicted molar refractivity (Wildman–Crippen MR) is 135 cm³/mol. The number of amides is 2. The van der Waals surface area contributed by atoms with Crippen molar-refractivity contribution in [3.63, 3.8) is 0 Å². The number of hydrogen-bond donors (Lipinski definition) is 1. The van der Waals surface area contributed by atoms with Crippen LogP contribution < -0.4 is 19.8 Å². The van der Waals surface area contributed by atoms with Crippen LogP contribution in [0.4, 0.5) is 18.9 Å². The largest absolute Gasteiger partial charge is 0.573 e. The van der Waals surface area contributed by atoms with Crippen LogP contribution in [-0.2, 0) is 16.1 Å². The smallest absolute Gasteiger partial charge is 0.406 e. The maximum Gasteiger partial charge on any atom is 0.573 e. The first-order valence-corrected chi connectivity index (χ1v) is 12.7. The summed E-state index contributed by atoms with van der Waals surface area (Å²) in [6.45, 7) is 4.88. The molecule has 4 rings (SSSR count). The lowest BCUT2D eigenvalue weighted by Crippen LogP contribution is -2.36. The molecule has 1 N–H and O–H groups in total. The van der Waals surface area contributed by atoms with Crippen molar-refractivity contribution >= 4 is 28.8 Å². The monoisotopic (exact) mass is 549 g/mol. The van der Waals surface area contributed by atoms with Crippen LogP contribution in [-0.4, -0.2) is 60.6 Å². The van der Waals surface area contributed by atoms with Crippen molar-refractivity contribution in [2.75, 3.05) is 37.7 Å². The topological polar surface area (TPSA) is 98.0 Å². The van der Waals surface area contributed by atoms with Gasteiger partial charge in [0.2, 0.25) is 5.91 Å². The maximum absolute atomic E-state index is 13.1. The Hall–Kier alpha value is -3.71. The number of hydrogen-bond acceptors (Lipinski definition) is 7. The van der Waals surface area contributed by atoms with Crippen molar-refractivity contribution in [1.29, 1.82) is 0 Å². The van der Waals surface area contributed by atoms with Gasteiger partial charge in [-0.3, -0.25) is 14.6 Å². The minimum Gasteiger partial charge on any atom is -0.406 e. The van der Waals surface area contributed by atoms with E-state index in [9.17, 15) is 22.8 Å². The zero-order valence-electron chi connectivity index (χ0n) is 20.5. The summed E-state index contributed by atoms with van der Waals surface area (Å²) < 4.78 is 48.8. The van der Waals surface area contributed by atoms with Crippen molar-refractivity contribution in [3.05, 3.63) is 58.5 Å². The number of thiazole rings is 1. The van der Waals surface area contributed by atoms with E-state index in [-0.39, 0.29) is 17.4 Å². The predicted octanol–water partition coefficient (Wildman–Crippen LogP) is 3.61. The van der Waals surface area contributed by atoms with Crippen LogP contribution in [0.3, 0.4) is 0 Å². The summed E-state index contributed by atoms with van der Waals surface area (Å²) in [4.78, 5) is 35.4. The Morgan fingerprint density at radius 3 is 2.61 bits per heavy atom. The fourth-order valence-electron chi connectivity index (χ4n) is 3.89. The molecule has 1 aromatic carbocycles. The number of carbonyl (C=O) groups is 2. The molecule has 1 fully saturated rings. The number of anilines is 1. The standard InChI is InChI=1S/C25H26F3N5O4S/c1-17(34)29-8-2-10-33-22(18-3-5-20(6-4-18)37-25(26,27)28)16-38-24(33)31-23(35)21-15-19(7-9-30-21)32-11-13-36-14-12-32/h3-7,9,15-16H,2,8,10-14H2,1H3,(H,29,34). The summed E-state index contributed by atoms with van der Waals surface area (Å²) in [6, 6.07) is 9.00. The third kappa shape index (κ3) is 7.42. The van der Waals surface area contributed by atoms with Crippen LogP contribution in [0.5, 0.6) is 5.75 Å². The van der Waals surface area contributed by atoms with Gasteiger partial charge in [0.05, 0.1) is 18.9 Å². The minimum atomic E-state index is -4.78. The average Bonchev–Trinajstić information content (AvgIpc) is 3.28. The van der Waals surface area contributed by atoms with E-state index in [0.717, 1.165) is 5.69 Å². The summed E-state index contributed by atoms with van der Waals surface area (Å²) in [6.07, 6.45) is -2.67. The van der Waals surface area contributed by atoms with Crippen molar-refractivity contribution in [2.24, 2.45) is 4.99 Å². The van der Waals surface area contributed by atoms with Crippen LogP contribution in [0.2, 0.25) is 0 Å². The number of pyridine rings is 1. The number of aromatic nitrogens is 2. The highest BCUT2D eigenvalue weighted by Crippen LogP contribution is 2.27.